The van der Waals surface area contributed by atoms with E-state index in [9.17, 15) is 9.18 Å². The molecule has 4 rings (SSSR count). The zero-order valence-electron chi connectivity index (χ0n) is 18.8. The van der Waals surface area contributed by atoms with Crippen molar-refractivity contribution in [2.45, 2.75) is 19.4 Å². The molecular formula is C26H27FN2O5. The van der Waals surface area contributed by atoms with Gasteiger partial charge in [0.05, 0.1) is 26.4 Å². The van der Waals surface area contributed by atoms with Gasteiger partial charge in [0.1, 0.15) is 6.61 Å². The Bertz CT molecular complexity index is 1090. The number of rotatable bonds is 5. The quantitative estimate of drug-likeness (QED) is 0.512. The summed E-state index contributed by atoms with van der Waals surface area (Å²) in [6, 6.07) is 17.3. The van der Waals surface area contributed by atoms with Crippen LogP contribution < -0.4 is 14.2 Å². The number of pyridine rings is 1. The number of amides is 1. The van der Waals surface area contributed by atoms with Crippen LogP contribution in [0.3, 0.4) is 0 Å². The highest BCUT2D eigenvalue weighted by Gasteiger charge is 2.18. The van der Waals surface area contributed by atoms with Crippen LogP contribution in [0.15, 0.2) is 66.9 Å². The third-order valence-electron chi connectivity index (χ3n) is 5.24. The van der Waals surface area contributed by atoms with Crippen LogP contribution in [0.4, 0.5) is 4.39 Å². The SMILES string of the molecule is O=C(CCCOc1ccccc1F)N1CCOCCOc2ccccc2Oc2ncccc2C1. The highest BCUT2D eigenvalue weighted by molar-refractivity contribution is 5.76. The molecule has 0 saturated heterocycles. The lowest BCUT2D eigenvalue weighted by Gasteiger charge is -2.23. The van der Waals surface area contributed by atoms with Crippen LogP contribution in [0, 0.1) is 5.82 Å². The van der Waals surface area contributed by atoms with Crippen molar-refractivity contribution in [2.75, 3.05) is 33.0 Å². The van der Waals surface area contributed by atoms with Gasteiger partial charge in [-0.3, -0.25) is 4.79 Å². The molecule has 1 aromatic heterocycles. The lowest BCUT2D eigenvalue weighted by Crippen LogP contribution is -2.34. The Morgan fingerprint density at radius 3 is 2.71 bits per heavy atom. The average molecular weight is 467 g/mol. The first kappa shape index (κ1) is 23.5. The fourth-order valence-electron chi connectivity index (χ4n) is 3.50. The number of halogens is 1. The van der Waals surface area contributed by atoms with Crippen molar-refractivity contribution in [2.24, 2.45) is 0 Å². The zero-order valence-corrected chi connectivity index (χ0v) is 18.8. The Hall–Kier alpha value is -3.65. The van der Waals surface area contributed by atoms with E-state index in [1.807, 2.05) is 36.4 Å². The molecule has 0 bridgehead atoms. The smallest absolute Gasteiger partial charge is 0.224 e. The minimum atomic E-state index is -0.417. The van der Waals surface area contributed by atoms with Gasteiger partial charge in [-0.05, 0) is 36.8 Å². The molecular weight excluding hydrogens is 439 g/mol. The number of ether oxygens (including phenoxy) is 4. The molecule has 0 N–H and O–H groups in total. The van der Waals surface area contributed by atoms with Gasteiger partial charge in [-0.1, -0.05) is 30.3 Å². The molecule has 2 heterocycles. The van der Waals surface area contributed by atoms with Gasteiger partial charge in [0.25, 0.3) is 0 Å². The molecule has 1 aliphatic rings. The number of carbonyl (C=O) groups is 1. The zero-order chi connectivity index (χ0) is 23.6. The molecule has 0 fully saturated rings. The van der Waals surface area contributed by atoms with Crippen molar-refractivity contribution >= 4 is 5.91 Å². The standard InChI is InChI=1S/C26H27FN2O5/c27-21-8-1-2-9-22(21)32-15-6-12-25(30)29-14-16-31-17-18-33-23-10-3-4-11-24(23)34-26-20(19-29)7-5-13-28-26/h1-5,7-11,13H,6,12,14-19H2. The molecule has 0 atom stereocenters. The van der Waals surface area contributed by atoms with Crippen molar-refractivity contribution in [1.82, 2.24) is 9.88 Å². The predicted octanol–water partition coefficient (Wildman–Crippen LogP) is 4.61. The minimum absolute atomic E-state index is 0.0536. The van der Waals surface area contributed by atoms with Crippen molar-refractivity contribution in [1.29, 1.82) is 0 Å². The Kier molecular flexibility index (Phi) is 8.29. The van der Waals surface area contributed by atoms with E-state index in [1.165, 1.54) is 6.07 Å². The maximum Gasteiger partial charge on any atom is 0.224 e. The Labute approximate surface area is 198 Å². The molecule has 178 valence electrons. The van der Waals surface area contributed by atoms with Crippen LogP contribution >= 0.6 is 0 Å². The lowest BCUT2D eigenvalue weighted by atomic mass is 10.2. The first-order valence-corrected chi connectivity index (χ1v) is 11.3. The molecule has 1 amide bonds. The number of benzene rings is 2. The summed E-state index contributed by atoms with van der Waals surface area (Å²) in [5.41, 5.74) is 0.771. The van der Waals surface area contributed by atoms with Gasteiger partial charge >= 0.3 is 0 Å². The monoisotopic (exact) mass is 466 g/mol. The molecule has 2 aromatic carbocycles. The fourth-order valence-corrected chi connectivity index (χ4v) is 3.50. The maximum atomic E-state index is 13.7. The van der Waals surface area contributed by atoms with Gasteiger partial charge in [0.15, 0.2) is 23.1 Å². The number of nitrogens with zero attached hydrogens (tertiary/aromatic N) is 2. The minimum Gasteiger partial charge on any atom is -0.491 e. The van der Waals surface area contributed by atoms with Gasteiger partial charge in [-0.25, -0.2) is 9.37 Å². The Balaban J connectivity index is 1.43. The molecule has 0 saturated carbocycles. The largest absolute Gasteiger partial charge is 0.491 e. The summed E-state index contributed by atoms with van der Waals surface area (Å²) < 4.78 is 36.7. The van der Waals surface area contributed by atoms with Crippen LogP contribution in [-0.4, -0.2) is 48.8 Å². The second-order valence-corrected chi connectivity index (χ2v) is 7.68. The number of carbonyl (C=O) groups excluding carboxylic acids is 1. The molecule has 3 aromatic rings. The van der Waals surface area contributed by atoms with E-state index in [0.29, 0.717) is 56.7 Å². The molecule has 0 aliphatic carbocycles. The third kappa shape index (κ3) is 6.45. The van der Waals surface area contributed by atoms with Crippen molar-refractivity contribution < 1.29 is 28.1 Å². The normalized spacial score (nSPS) is 14.2. The summed E-state index contributed by atoms with van der Waals surface area (Å²) in [6.45, 7) is 2.09. The number of fused-ring (bicyclic) bond motifs is 2. The maximum absolute atomic E-state index is 13.7. The van der Waals surface area contributed by atoms with E-state index in [-0.39, 0.29) is 24.7 Å². The molecule has 1 aliphatic heterocycles. The third-order valence-corrected chi connectivity index (χ3v) is 5.24. The summed E-state index contributed by atoms with van der Waals surface area (Å²) in [5, 5.41) is 0. The van der Waals surface area contributed by atoms with Crippen molar-refractivity contribution in [3.05, 3.63) is 78.2 Å². The highest BCUT2D eigenvalue weighted by atomic mass is 19.1. The molecule has 8 heteroatoms. The molecule has 0 unspecified atom stereocenters. The number of hydrogen-bond donors (Lipinski definition) is 0. The van der Waals surface area contributed by atoms with Crippen LogP contribution in [0.25, 0.3) is 0 Å². The summed E-state index contributed by atoms with van der Waals surface area (Å²) in [5.74, 6) is 1.28. The van der Waals surface area contributed by atoms with E-state index < -0.39 is 5.82 Å². The highest BCUT2D eigenvalue weighted by Crippen LogP contribution is 2.32. The lowest BCUT2D eigenvalue weighted by molar-refractivity contribution is -0.132. The number of hydrogen-bond acceptors (Lipinski definition) is 6. The van der Waals surface area contributed by atoms with E-state index >= 15 is 0 Å². The van der Waals surface area contributed by atoms with Gasteiger partial charge < -0.3 is 23.8 Å². The van der Waals surface area contributed by atoms with Crippen LogP contribution in [0.2, 0.25) is 0 Å². The summed E-state index contributed by atoms with van der Waals surface area (Å²) in [7, 11) is 0. The van der Waals surface area contributed by atoms with Gasteiger partial charge in [-0.2, -0.15) is 0 Å². The van der Waals surface area contributed by atoms with Gasteiger partial charge in [-0.15, -0.1) is 0 Å². The summed E-state index contributed by atoms with van der Waals surface area (Å²) in [4.78, 5) is 19.1. The Morgan fingerprint density at radius 2 is 1.82 bits per heavy atom. The first-order valence-electron chi connectivity index (χ1n) is 11.3. The second kappa shape index (κ2) is 12.0. The fraction of sp³-hybridized carbons (Fsp3) is 0.308. The summed E-state index contributed by atoms with van der Waals surface area (Å²) >= 11 is 0. The second-order valence-electron chi connectivity index (χ2n) is 7.68. The van der Waals surface area contributed by atoms with Gasteiger partial charge in [0.2, 0.25) is 11.8 Å². The van der Waals surface area contributed by atoms with E-state index in [1.54, 1.807) is 29.3 Å². The van der Waals surface area contributed by atoms with Crippen LogP contribution in [0.5, 0.6) is 23.1 Å². The number of para-hydroxylation sites is 3. The van der Waals surface area contributed by atoms with Crippen LogP contribution in [0.1, 0.15) is 18.4 Å². The molecule has 0 spiro atoms. The molecule has 0 radical (unpaired) electrons. The summed E-state index contributed by atoms with van der Waals surface area (Å²) in [6.07, 6.45) is 2.37. The Morgan fingerprint density at radius 1 is 1.00 bits per heavy atom. The molecule has 34 heavy (non-hydrogen) atoms. The predicted molar refractivity (Wildman–Crippen MR) is 124 cm³/mol. The van der Waals surface area contributed by atoms with Crippen molar-refractivity contribution in [3.63, 3.8) is 0 Å². The van der Waals surface area contributed by atoms with E-state index in [0.717, 1.165) is 5.56 Å². The number of aromatic nitrogens is 1. The van der Waals surface area contributed by atoms with Crippen molar-refractivity contribution in [3.8, 4) is 23.1 Å². The van der Waals surface area contributed by atoms with E-state index in [2.05, 4.69) is 4.98 Å². The average Bonchev–Trinajstić information content (AvgIpc) is 2.87. The van der Waals surface area contributed by atoms with Crippen LogP contribution in [-0.2, 0) is 16.1 Å². The molecule has 7 nitrogen and oxygen atoms in total. The first-order chi connectivity index (χ1) is 16.7. The topological polar surface area (TPSA) is 70.1 Å². The van der Waals surface area contributed by atoms with E-state index in [4.69, 9.17) is 18.9 Å². The van der Waals surface area contributed by atoms with Gasteiger partial charge in [0, 0.05) is 24.7 Å².